The zero-order chi connectivity index (χ0) is 13.4. The van der Waals surface area contributed by atoms with Gasteiger partial charge in [-0.1, -0.05) is 74.7 Å². The summed E-state index contributed by atoms with van der Waals surface area (Å²) in [5.41, 5.74) is 7.07. The number of rotatable bonds is 8. The summed E-state index contributed by atoms with van der Waals surface area (Å²) in [7, 11) is 0. The van der Waals surface area contributed by atoms with E-state index >= 15 is 0 Å². The Hall–Kier alpha value is -0.240. The zero-order valence-corrected chi connectivity index (χ0v) is 12.6. The van der Waals surface area contributed by atoms with Crippen LogP contribution >= 0.6 is 23.2 Å². The molecule has 2 N–H and O–H groups in total. The Balaban J connectivity index is 2.34. The van der Waals surface area contributed by atoms with Crippen molar-refractivity contribution in [3.8, 4) is 0 Å². The Morgan fingerprint density at radius 2 is 1.56 bits per heavy atom. The summed E-state index contributed by atoms with van der Waals surface area (Å²) < 4.78 is 0. The quantitative estimate of drug-likeness (QED) is 0.606. The highest BCUT2D eigenvalue weighted by molar-refractivity contribution is 6.36. The molecule has 0 fully saturated rings. The molecule has 0 aliphatic rings. The third kappa shape index (κ3) is 5.17. The highest BCUT2D eigenvalue weighted by atomic mass is 35.5. The molecule has 1 atom stereocenters. The minimum atomic E-state index is -0.0441. The minimum absolute atomic E-state index is 0.0441. The topological polar surface area (TPSA) is 26.0 Å². The highest BCUT2D eigenvalue weighted by Crippen LogP contribution is 2.31. The second-order valence-electron chi connectivity index (χ2n) is 4.80. The fourth-order valence-corrected chi connectivity index (χ4v) is 2.83. The third-order valence-electron chi connectivity index (χ3n) is 3.24. The summed E-state index contributed by atoms with van der Waals surface area (Å²) in [6.07, 6.45) is 8.60. The molecule has 3 heteroatoms. The molecule has 0 radical (unpaired) electrons. The van der Waals surface area contributed by atoms with Gasteiger partial charge in [-0.3, -0.25) is 0 Å². The van der Waals surface area contributed by atoms with E-state index in [9.17, 15) is 0 Å². The van der Waals surface area contributed by atoms with Gasteiger partial charge in [0, 0.05) is 21.7 Å². The van der Waals surface area contributed by atoms with Crippen LogP contribution in [0.15, 0.2) is 18.2 Å². The molecule has 0 aliphatic heterocycles. The van der Waals surface area contributed by atoms with E-state index in [1.54, 1.807) is 0 Å². The van der Waals surface area contributed by atoms with E-state index in [-0.39, 0.29) is 6.04 Å². The van der Waals surface area contributed by atoms with Crippen LogP contribution in [0.1, 0.15) is 63.5 Å². The minimum Gasteiger partial charge on any atom is -0.324 e. The molecule has 18 heavy (non-hydrogen) atoms. The van der Waals surface area contributed by atoms with Gasteiger partial charge in [-0.15, -0.1) is 0 Å². The van der Waals surface area contributed by atoms with Crippen LogP contribution in [-0.2, 0) is 0 Å². The van der Waals surface area contributed by atoms with Crippen LogP contribution < -0.4 is 5.73 Å². The molecule has 0 saturated heterocycles. The first-order valence-corrected chi connectivity index (χ1v) is 7.62. The molecule has 0 saturated carbocycles. The number of unbranched alkanes of at least 4 members (excludes halogenated alkanes) is 5. The first-order valence-electron chi connectivity index (χ1n) is 6.86. The molecule has 102 valence electrons. The first-order chi connectivity index (χ1) is 8.66. The van der Waals surface area contributed by atoms with Gasteiger partial charge in [0.05, 0.1) is 0 Å². The van der Waals surface area contributed by atoms with Gasteiger partial charge in [0.1, 0.15) is 0 Å². The second-order valence-corrected chi connectivity index (χ2v) is 5.61. The van der Waals surface area contributed by atoms with Crippen molar-refractivity contribution in [1.29, 1.82) is 0 Å². The number of hydrogen-bond acceptors (Lipinski definition) is 1. The van der Waals surface area contributed by atoms with Crippen LogP contribution in [0.5, 0.6) is 0 Å². The standard InChI is InChI=1S/C15H23Cl2N/c1-2-3-4-5-6-7-11-14(18)15-12(16)9-8-10-13(15)17/h8-10,14H,2-7,11,18H2,1H3. The van der Waals surface area contributed by atoms with E-state index in [1.807, 2.05) is 18.2 Å². The molecule has 0 aromatic heterocycles. The lowest BCUT2D eigenvalue weighted by molar-refractivity contribution is 0.547. The van der Waals surface area contributed by atoms with Gasteiger partial charge < -0.3 is 5.73 Å². The summed E-state index contributed by atoms with van der Waals surface area (Å²) in [6, 6.07) is 5.51. The van der Waals surface area contributed by atoms with Gasteiger partial charge >= 0.3 is 0 Å². The molecule has 0 aliphatic carbocycles. The van der Waals surface area contributed by atoms with Crippen molar-refractivity contribution in [2.75, 3.05) is 0 Å². The van der Waals surface area contributed by atoms with Crippen molar-refractivity contribution in [3.63, 3.8) is 0 Å². The van der Waals surface area contributed by atoms with E-state index in [2.05, 4.69) is 6.92 Å². The highest BCUT2D eigenvalue weighted by Gasteiger charge is 2.13. The molecule has 1 rings (SSSR count). The Morgan fingerprint density at radius 3 is 2.17 bits per heavy atom. The fraction of sp³-hybridized carbons (Fsp3) is 0.600. The van der Waals surface area contributed by atoms with E-state index in [0.29, 0.717) is 10.0 Å². The van der Waals surface area contributed by atoms with Crippen LogP contribution in [0.2, 0.25) is 10.0 Å². The van der Waals surface area contributed by atoms with Crippen molar-refractivity contribution in [2.24, 2.45) is 5.73 Å². The summed E-state index contributed by atoms with van der Waals surface area (Å²) in [5, 5.41) is 1.36. The summed E-state index contributed by atoms with van der Waals surface area (Å²) >= 11 is 12.3. The lowest BCUT2D eigenvalue weighted by Gasteiger charge is -2.15. The number of halogens is 2. The Bertz CT molecular complexity index is 332. The molecule has 1 aromatic rings. The van der Waals surface area contributed by atoms with Gasteiger partial charge in [-0.05, 0) is 18.6 Å². The van der Waals surface area contributed by atoms with Crippen molar-refractivity contribution < 1.29 is 0 Å². The van der Waals surface area contributed by atoms with Crippen molar-refractivity contribution in [1.82, 2.24) is 0 Å². The predicted octanol–water partition coefficient (Wildman–Crippen LogP) is 5.74. The second kappa shape index (κ2) is 8.79. The van der Waals surface area contributed by atoms with Crippen LogP contribution in [-0.4, -0.2) is 0 Å². The maximum absolute atomic E-state index is 6.17. The maximum atomic E-state index is 6.17. The average molecular weight is 288 g/mol. The van der Waals surface area contributed by atoms with Crippen molar-refractivity contribution in [2.45, 2.75) is 57.9 Å². The number of hydrogen-bond donors (Lipinski definition) is 1. The lowest BCUT2D eigenvalue weighted by Crippen LogP contribution is -2.11. The normalized spacial score (nSPS) is 12.7. The van der Waals surface area contributed by atoms with Gasteiger partial charge in [-0.25, -0.2) is 0 Å². The number of benzene rings is 1. The lowest BCUT2D eigenvalue weighted by atomic mass is 10.0. The Kier molecular flexibility index (Phi) is 7.73. The van der Waals surface area contributed by atoms with Gasteiger partial charge in [0.25, 0.3) is 0 Å². The Labute approximate surface area is 121 Å². The molecule has 0 spiro atoms. The van der Waals surface area contributed by atoms with Crippen LogP contribution in [0.4, 0.5) is 0 Å². The predicted molar refractivity (Wildman–Crippen MR) is 81.4 cm³/mol. The maximum Gasteiger partial charge on any atom is 0.0468 e. The Morgan fingerprint density at radius 1 is 1.00 bits per heavy atom. The van der Waals surface area contributed by atoms with E-state index < -0.39 is 0 Å². The molecule has 1 unspecified atom stereocenters. The summed E-state index contributed by atoms with van der Waals surface area (Å²) in [6.45, 7) is 2.23. The van der Waals surface area contributed by atoms with Crippen molar-refractivity contribution >= 4 is 23.2 Å². The van der Waals surface area contributed by atoms with Crippen LogP contribution in [0, 0.1) is 0 Å². The summed E-state index contributed by atoms with van der Waals surface area (Å²) in [5.74, 6) is 0. The zero-order valence-electron chi connectivity index (χ0n) is 11.1. The SMILES string of the molecule is CCCCCCCCC(N)c1c(Cl)cccc1Cl. The largest absolute Gasteiger partial charge is 0.324 e. The molecular weight excluding hydrogens is 265 g/mol. The molecule has 1 nitrogen and oxygen atoms in total. The first kappa shape index (κ1) is 15.8. The molecule has 1 aromatic carbocycles. The van der Waals surface area contributed by atoms with Crippen LogP contribution in [0.25, 0.3) is 0 Å². The molecule has 0 heterocycles. The fourth-order valence-electron chi connectivity index (χ4n) is 2.15. The molecule has 0 amide bonds. The number of nitrogens with two attached hydrogens (primary N) is 1. The average Bonchev–Trinajstić information content (AvgIpc) is 2.33. The van der Waals surface area contributed by atoms with Gasteiger partial charge in [0.2, 0.25) is 0 Å². The molecular formula is C15H23Cl2N. The van der Waals surface area contributed by atoms with E-state index in [4.69, 9.17) is 28.9 Å². The van der Waals surface area contributed by atoms with Gasteiger partial charge in [-0.2, -0.15) is 0 Å². The summed E-state index contributed by atoms with van der Waals surface area (Å²) in [4.78, 5) is 0. The van der Waals surface area contributed by atoms with Crippen LogP contribution in [0.3, 0.4) is 0 Å². The van der Waals surface area contributed by atoms with Gasteiger partial charge in [0.15, 0.2) is 0 Å². The van der Waals surface area contributed by atoms with Crippen molar-refractivity contribution in [3.05, 3.63) is 33.8 Å². The smallest absolute Gasteiger partial charge is 0.0468 e. The van der Waals surface area contributed by atoms with E-state index in [0.717, 1.165) is 18.4 Å². The monoisotopic (exact) mass is 287 g/mol. The molecule has 0 bridgehead atoms. The van der Waals surface area contributed by atoms with E-state index in [1.165, 1.54) is 32.1 Å². The third-order valence-corrected chi connectivity index (χ3v) is 3.90.